The number of carboxylic acids is 1. The van der Waals surface area contributed by atoms with Gasteiger partial charge in [-0.2, -0.15) is 4.31 Å². The van der Waals surface area contributed by atoms with Gasteiger partial charge < -0.3 is 5.11 Å². The van der Waals surface area contributed by atoms with E-state index in [9.17, 15) is 13.2 Å². The molecule has 5 nitrogen and oxygen atoms in total. The quantitative estimate of drug-likeness (QED) is 0.843. The second-order valence-electron chi connectivity index (χ2n) is 4.31. The van der Waals surface area contributed by atoms with E-state index in [1.807, 2.05) is 0 Å². The monoisotopic (exact) mass is 357 g/mol. The van der Waals surface area contributed by atoms with Crippen LogP contribution in [-0.2, 0) is 14.8 Å². The Kier molecular flexibility index (Phi) is 4.51. The van der Waals surface area contributed by atoms with Crippen molar-refractivity contribution in [1.82, 2.24) is 4.31 Å². The number of halogens is 3. The number of nitrogens with zero attached hydrogens (tertiary/aromatic N) is 1. The molecule has 1 N–H and O–H groups in total. The van der Waals surface area contributed by atoms with Crippen molar-refractivity contribution in [3.8, 4) is 0 Å². The normalized spacial score (nSPS) is 20.2. The average molecular weight is 359 g/mol. The fourth-order valence-corrected chi connectivity index (χ4v) is 4.73. The van der Waals surface area contributed by atoms with Crippen molar-refractivity contribution < 1.29 is 18.3 Å². The number of carbonyl (C=O) groups is 1. The molecule has 9 heteroatoms. The molecule has 0 aliphatic carbocycles. The number of benzene rings is 1. The van der Waals surface area contributed by atoms with Crippen LogP contribution in [-0.4, -0.2) is 36.4 Å². The number of sulfonamides is 1. The summed E-state index contributed by atoms with van der Waals surface area (Å²) in [5, 5.41) is 9.16. The molecule has 0 radical (unpaired) electrons. The second-order valence-corrected chi connectivity index (χ2v) is 7.39. The molecule has 1 aliphatic rings. The molecule has 1 aromatic carbocycles. The maximum Gasteiger partial charge on any atom is 0.322 e. The number of hydrogen-bond donors (Lipinski definition) is 1. The molecule has 20 heavy (non-hydrogen) atoms. The van der Waals surface area contributed by atoms with E-state index in [1.165, 1.54) is 6.07 Å². The Hall–Kier alpha value is -0.530. The molecule has 0 amide bonds. The van der Waals surface area contributed by atoms with Gasteiger partial charge in [-0.1, -0.05) is 34.8 Å². The Morgan fingerprint density at radius 3 is 2.40 bits per heavy atom. The first-order valence-electron chi connectivity index (χ1n) is 5.64. The minimum Gasteiger partial charge on any atom is -0.480 e. The lowest BCUT2D eigenvalue weighted by Crippen LogP contribution is -2.40. The van der Waals surface area contributed by atoms with E-state index in [1.54, 1.807) is 0 Å². The van der Waals surface area contributed by atoms with Crippen molar-refractivity contribution in [1.29, 1.82) is 0 Å². The van der Waals surface area contributed by atoms with Gasteiger partial charge in [-0.05, 0) is 25.0 Å². The Labute approximate surface area is 131 Å². The molecule has 0 spiro atoms. The van der Waals surface area contributed by atoms with Crippen LogP contribution in [0.2, 0.25) is 15.1 Å². The van der Waals surface area contributed by atoms with Crippen LogP contribution >= 0.6 is 34.8 Å². The van der Waals surface area contributed by atoms with Gasteiger partial charge in [0, 0.05) is 6.54 Å². The van der Waals surface area contributed by atoms with E-state index in [-0.39, 0.29) is 32.9 Å². The van der Waals surface area contributed by atoms with Gasteiger partial charge in [0.1, 0.15) is 10.9 Å². The molecule has 0 saturated carbocycles. The summed E-state index contributed by atoms with van der Waals surface area (Å²) >= 11 is 17.5. The molecule has 1 atom stereocenters. The largest absolute Gasteiger partial charge is 0.480 e. The SMILES string of the molecule is O=C(O)[C@@H]1CCCN1S(=O)(=O)c1cc(Cl)c(Cl)cc1Cl. The smallest absolute Gasteiger partial charge is 0.322 e. The molecule has 1 fully saturated rings. The van der Waals surface area contributed by atoms with E-state index in [2.05, 4.69) is 0 Å². The maximum atomic E-state index is 12.5. The summed E-state index contributed by atoms with van der Waals surface area (Å²) in [4.78, 5) is 10.9. The Morgan fingerprint density at radius 1 is 1.20 bits per heavy atom. The maximum absolute atomic E-state index is 12.5. The summed E-state index contributed by atoms with van der Waals surface area (Å²) in [6.45, 7) is 0.135. The molecule has 1 saturated heterocycles. The predicted octanol–water partition coefficient (Wildman–Crippen LogP) is 2.88. The standard InChI is InChI=1S/C11H10Cl3NO4S/c12-6-4-8(14)10(5-7(6)13)20(18,19)15-3-1-2-9(15)11(16)17/h4-5,9H,1-3H2,(H,16,17)/t9-/m0/s1. The van der Waals surface area contributed by atoms with Crippen molar-refractivity contribution in [3.63, 3.8) is 0 Å². The molecule has 0 aromatic heterocycles. The van der Waals surface area contributed by atoms with E-state index in [4.69, 9.17) is 39.9 Å². The number of aliphatic carboxylic acids is 1. The van der Waals surface area contributed by atoms with Crippen LogP contribution < -0.4 is 0 Å². The summed E-state index contributed by atoms with van der Waals surface area (Å²) in [5.74, 6) is -1.18. The van der Waals surface area contributed by atoms with Crippen molar-refractivity contribution in [3.05, 3.63) is 27.2 Å². The number of carboxylic acid groups (broad SMARTS) is 1. The van der Waals surface area contributed by atoms with E-state index in [0.717, 1.165) is 10.4 Å². The zero-order valence-corrected chi connectivity index (χ0v) is 13.1. The van der Waals surface area contributed by atoms with Gasteiger partial charge in [-0.15, -0.1) is 0 Å². The van der Waals surface area contributed by atoms with Gasteiger partial charge >= 0.3 is 5.97 Å². The molecule has 1 aliphatic heterocycles. The minimum atomic E-state index is -4.03. The van der Waals surface area contributed by atoms with Crippen LogP contribution in [0.4, 0.5) is 0 Å². The third kappa shape index (κ3) is 2.76. The molecule has 110 valence electrons. The molecular formula is C11H10Cl3NO4S. The summed E-state index contributed by atoms with van der Waals surface area (Å²) in [6.07, 6.45) is 0.753. The number of rotatable bonds is 3. The highest BCUT2D eigenvalue weighted by atomic mass is 35.5. The summed E-state index contributed by atoms with van der Waals surface area (Å²) in [5.41, 5.74) is 0. The van der Waals surface area contributed by atoms with Crippen LogP contribution in [0, 0.1) is 0 Å². The third-order valence-corrected chi connectivity index (χ3v) is 6.15. The predicted molar refractivity (Wildman–Crippen MR) is 76.0 cm³/mol. The lowest BCUT2D eigenvalue weighted by atomic mass is 10.2. The minimum absolute atomic E-state index is 0.0423. The first-order chi connectivity index (χ1) is 9.25. The zero-order chi connectivity index (χ0) is 15.1. The summed E-state index contributed by atoms with van der Waals surface area (Å²) < 4.78 is 26.0. The zero-order valence-electron chi connectivity index (χ0n) is 10.0. The van der Waals surface area contributed by atoms with Crippen LogP contribution in [0.15, 0.2) is 17.0 Å². The van der Waals surface area contributed by atoms with Crippen LogP contribution in [0.3, 0.4) is 0 Å². The average Bonchev–Trinajstić information content (AvgIpc) is 2.83. The topological polar surface area (TPSA) is 74.7 Å². The van der Waals surface area contributed by atoms with Gasteiger partial charge in [0.15, 0.2) is 0 Å². The highest BCUT2D eigenvalue weighted by Crippen LogP contribution is 2.35. The fourth-order valence-electron chi connectivity index (χ4n) is 2.10. The third-order valence-electron chi connectivity index (χ3n) is 3.05. The van der Waals surface area contributed by atoms with E-state index < -0.39 is 22.0 Å². The molecule has 0 unspecified atom stereocenters. The first kappa shape index (κ1) is 15.9. The highest BCUT2D eigenvalue weighted by molar-refractivity contribution is 7.89. The fraction of sp³-hybridized carbons (Fsp3) is 0.364. The van der Waals surface area contributed by atoms with Crippen molar-refractivity contribution >= 4 is 50.8 Å². The Bertz CT molecular complexity index is 662. The van der Waals surface area contributed by atoms with Crippen LogP contribution in [0.5, 0.6) is 0 Å². The van der Waals surface area contributed by atoms with E-state index >= 15 is 0 Å². The van der Waals surface area contributed by atoms with Gasteiger partial charge in [0.2, 0.25) is 10.0 Å². The van der Waals surface area contributed by atoms with Gasteiger partial charge in [-0.25, -0.2) is 8.42 Å². The van der Waals surface area contributed by atoms with Crippen LogP contribution in [0.25, 0.3) is 0 Å². The van der Waals surface area contributed by atoms with Gasteiger partial charge in [-0.3, -0.25) is 4.79 Å². The summed E-state index contributed by atoms with van der Waals surface area (Å²) in [7, 11) is -4.03. The molecule has 0 bridgehead atoms. The van der Waals surface area contributed by atoms with Gasteiger partial charge in [0.25, 0.3) is 0 Å². The lowest BCUT2D eigenvalue weighted by molar-refractivity contribution is -0.140. The van der Waals surface area contributed by atoms with Crippen molar-refractivity contribution in [2.75, 3.05) is 6.54 Å². The summed E-state index contributed by atoms with van der Waals surface area (Å²) in [6, 6.07) is 1.29. The van der Waals surface area contributed by atoms with Crippen molar-refractivity contribution in [2.45, 2.75) is 23.8 Å². The van der Waals surface area contributed by atoms with Crippen molar-refractivity contribution in [2.24, 2.45) is 0 Å². The molecule has 1 aromatic rings. The molecular weight excluding hydrogens is 349 g/mol. The number of hydrogen-bond acceptors (Lipinski definition) is 3. The van der Waals surface area contributed by atoms with Crippen LogP contribution in [0.1, 0.15) is 12.8 Å². The van der Waals surface area contributed by atoms with Gasteiger partial charge in [0.05, 0.1) is 15.1 Å². The van der Waals surface area contributed by atoms with E-state index in [0.29, 0.717) is 6.42 Å². The lowest BCUT2D eigenvalue weighted by Gasteiger charge is -2.21. The molecule has 2 rings (SSSR count). The Morgan fingerprint density at radius 2 is 1.80 bits per heavy atom. The Balaban J connectivity index is 2.50. The highest BCUT2D eigenvalue weighted by Gasteiger charge is 2.40. The first-order valence-corrected chi connectivity index (χ1v) is 8.21. The molecule has 1 heterocycles. The second kappa shape index (κ2) is 5.69.